The van der Waals surface area contributed by atoms with Crippen LogP contribution in [0.3, 0.4) is 0 Å². The molecular formula is C20H22F5NO. The third-order valence-corrected chi connectivity index (χ3v) is 4.32. The maximum Gasteiger partial charge on any atom is 0.200 e. The monoisotopic (exact) mass is 387 g/mol. The molecule has 0 spiro atoms. The Morgan fingerprint density at radius 1 is 0.852 bits per heavy atom. The van der Waals surface area contributed by atoms with Gasteiger partial charge < -0.3 is 5.11 Å². The molecule has 0 heterocycles. The first-order valence-corrected chi connectivity index (χ1v) is 8.49. The highest BCUT2D eigenvalue weighted by Gasteiger charge is 2.39. The largest absolute Gasteiger partial charge is 0.395 e. The minimum atomic E-state index is -2.18. The van der Waals surface area contributed by atoms with Crippen molar-refractivity contribution >= 4 is 0 Å². The number of rotatable bonds is 6. The van der Waals surface area contributed by atoms with E-state index in [2.05, 4.69) is 0 Å². The van der Waals surface area contributed by atoms with Crippen molar-refractivity contribution in [1.29, 1.82) is 0 Å². The second-order valence-electron chi connectivity index (χ2n) is 7.43. The van der Waals surface area contributed by atoms with Gasteiger partial charge in [0.05, 0.1) is 6.61 Å². The zero-order chi connectivity index (χ0) is 20.4. The van der Waals surface area contributed by atoms with Crippen molar-refractivity contribution in [2.24, 2.45) is 5.41 Å². The van der Waals surface area contributed by atoms with Crippen LogP contribution < -0.4 is 0 Å². The lowest BCUT2D eigenvalue weighted by atomic mass is 9.80. The molecule has 27 heavy (non-hydrogen) atoms. The summed E-state index contributed by atoms with van der Waals surface area (Å²) in [5, 5.41) is 9.43. The molecule has 0 saturated heterocycles. The van der Waals surface area contributed by atoms with E-state index in [4.69, 9.17) is 0 Å². The fourth-order valence-corrected chi connectivity index (χ4v) is 3.27. The summed E-state index contributed by atoms with van der Waals surface area (Å²) < 4.78 is 70.1. The van der Waals surface area contributed by atoms with Gasteiger partial charge in [-0.2, -0.15) is 0 Å². The van der Waals surface area contributed by atoms with Crippen molar-refractivity contribution in [3.8, 4) is 0 Å². The Hall–Kier alpha value is -1.99. The summed E-state index contributed by atoms with van der Waals surface area (Å²) in [6.45, 7) is 4.76. The first-order valence-electron chi connectivity index (χ1n) is 8.49. The lowest BCUT2D eigenvalue weighted by Gasteiger charge is -2.40. The number of benzene rings is 2. The Bertz CT molecular complexity index is 760. The van der Waals surface area contributed by atoms with Crippen LogP contribution in [0.1, 0.15) is 37.9 Å². The summed E-state index contributed by atoms with van der Waals surface area (Å²) in [5.74, 6) is -9.81. The van der Waals surface area contributed by atoms with Gasteiger partial charge >= 0.3 is 0 Å². The molecule has 0 aliphatic rings. The van der Waals surface area contributed by atoms with Crippen LogP contribution in [0.4, 0.5) is 22.0 Å². The maximum atomic E-state index is 14.5. The summed E-state index contributed by atoms with van der Waals surface area (Å²) in [7, 11) is 0. The number of aliphatic hydroxyl groups excluding tert-OH is 1. The SMILES string of the molecule is CC(C)(C)[C@@H](c1c(F)c(F)c(F)c(F)c1F)N(CCO)Cc1ccccc1. The molecule has 0 aliphatic carbocycles. The van der Waals surface area contributed by atoms with Gasteiger partial charge in [0, 0.05) is 24.7 Å². The fourth-order valence-electron chi connectivity index (χ4n) is 3.27. The van der Waals surface area contributed by atoms with Crippen molar-refractivity contribution < 1.29 is 27.1 Å². The summed E-state index contributed by atoms with van der Waals surface area (Å²) in [5.41, 5.74) is -0.991. The molecule has 148 valence electrons. The second kappa shape index (κ2) is 8.35. The van der Waals surface area contributed by atoms with Gasteiger partial charge in [0.2, 0.25) is 5.82 Å². The number of hydrogen-bond donors (Lipinski definition) is 1. The molecule has 0 amide bonds. The third-order valence-electron chi connectivity index (χ3n) is 4.32. The molecule has 0 fully saturated rings. The van der Waals surface area contributed by atoms with Crippen molar-refractivity contribution in [3.05, 3.63) is 70.5 Å². The van der Waals surface area contributed by atoms with Crippen molar-refractivity contribution in [2.75, 3.05) is 13.2 Å². The molecule has 2 aromatic rings. The number of hydrogen-bond acceptors (Lipinski definition) is 2. The van der Waals surface area contributed by atoms with Crippen LogP contribution in [0, 0.1) is 34.5 Å². The van der Waals surface area contributed by atoms with E-state index in [0.29, 0.717) is 0 Å². The highest BCUT2D eigenvalue weighted by atomic mass is 19.2. The Balaban J connectivity index is 2.64. The summed E-state index contributed by atoms with van der Waals surface area (Å²) in [6, 6.07) is 7.75. The fraction of sp³-hybridized carbons (Fsp3) is 0.400. The average molecular weight is 387 g/mol. The Morgan fingerprint density at radius 2 is 1.33 bits per heavy atom. The van der Waals surface area contributed by atoms with Crippen molar-refractivity contribution in [2.45, 2.75) is 33.4 Å². The van der Waals surface area contributed by atoms with E-state index in [1.165, 1.54) is 4.90 Å². The molecular weight excluding hydrogens is 365 g/mol. The second-order valence-corrected chi connectivity index (χ2v) is 7.43. The molecule has 0 saturated carbocycles. The normalized spacial score (nSPS) is 13.3. The van der Waals surface area contributed by atoms with Gasteiger partial charge in [-0.25, -0.2) is 22.0 Å². The van der Waals surface area contributed by atoms with E-state index in [-0.39, 0.29) is 19.7 Å². The van der Waals surface area contributed by atoms with E-state index in [1.54, 1.807) is 51.1 Å². The predicted molar refractivity (Wildman–Crippen MR) is 92.4 cm³/mol. The van der Waals surface area contributed by atoms with E-state index in [0.717, 1.165) is 5.56 Å². The zero-order valence-corrected chi connectivity index (χ0v) is 15.4. The molecule has 1 atom stereocenters. The topological polar surface area (TPSA) is 23.5 Å². The lowest BCUT2D eigenvalue weighted by Crippen LogP contribution is -2.40. The molecule has 0 aromatic heterocycles. The average Bonchev–Trinajstić information content (AvgIpc) is 2.61. The summed E-state index contributed by atoms with van der Waals surface area (Å²) in [6.07, 6.45) is 0. The molecule has 2 nitrogen and oxygen atoms in total. The Labute approximate surface area is 155 Å². The predicted octanol–water partition coefficient (Wildman–Crippen LogP) is 4.96. The van der Waals surface area contributed by atoms with Crippen LogP contribution in [0.5, 0.6) is 0 Å². The van der Waals surface area contributed by atoms with E-state index in [9.17, 15) is 27.1 Å². The van der Waals surface area contributed by atoms with Crippen molar-refractivity contribution in [1.82, 2.24) is 4.90 Å². The lowest BCUT2D eigenvalue weighted by molar-refractivity contribution is 0.0655. The van der Waals surface area contributed by atoms with Gasteiger partial charge in [-0.1, -0.05) is 51.1 Å². The molecule has 0 bridgehead atoms. The highest BCUT2D eigenvalue weighted by molar-refractivity contribution is 5.29. The van der Waals surface area contributed by atoms with Crippen LogP contribution in [0.2, 0.25) is 0 Å². The maximum absolute atomic E-state index is 14.5. The number of nitrogens with zero attached hydrogens (tertiary/aromatic N) is 1. The van der Waals surface area contributed by atoms with Gasteiger partial charge in [-0.3, -0.25) is 4.90 Å². The van der Waals surface area contributed by atoms with Crippen LogP contribution in [-0.4, -0.2) is 23.2 Å². The molecule has 0 unspecified atom stereocenters. The third kappa shape index (κ3) is 4.47. The molecule has 7 heteroatoms. The molecule has 1 N–H and O–H groups in total. The Kier molecular flexibility index (Phi) is 6.59. The van der Waals surface area contributed by atoms with Gasteiger partial charge in [0.1, 0.15) is 0 Å². The smallest absolute Gasteiger partial charge is 0.200 e. The van der Waals surface area contributed by atoms with Crippen LogP contribution >= 0.6 is 0 Å². The minimum absolute atomic E-state index is 0.00365. The van der Waals surface area contributed by atoms with Gasteiger partial charge in [-0.15, -0.1) is 0 Å². The molecule has 0 radical (unpaired) electrons. The molecule has 0 aliphatic heterocycles. The number of aliphatic hydroxyl groups is 1. The van der Waals surface area contributed by atoms with Gasteiger partial charge in [-0.05, 0) is 11.0 Å². The van der Waals surface area contributed by atoms with Crippen LogP contribution in [0.15, 0.2) is 30.3 Å². The van der Waals surface area contributed by atoms with E-state index in [1.807, 2.05) is 0 Å². The van der Waals surface area contributed by atoms with Crippen LogP contribution in [-0.2, 0) is 6.54 Å². The first kappa shape index (κ1) is 21.3. The molecule has 2 rings (SSSR count). The number of halogens is 5. The van der Waals surface area contributed by atoms with E-state index < -0.39 is 46.1 Å². The highest BCUT2D eigenvalue weighted by Crippen LogP contribution is 2.42. The summed E-state index contributed by atoms with van der Waals surface area (Å²) >= 11 is 0. The van der Waals surface area contributed by atoms with Gasteiger partial charge in [0.15, 0.2) is 23.3 Å². The minimum Gasteiger partial charge on any atom is -0.395 e. The molecule has 2 aromatic carbocycles. The van der Waals surface area contributed by atoms with Crippen LogP contribution in [0.25, 0.3) is 0 Å². The quantitative estimate of drug-likeness (QED) is 0.430. The zero-order valence-electron chi connectivity index (χ0n) is 15.4. The standard InChI is InChI=1S/C20H22F5NO/c1-20(2,3)19(13-14(21)16(23)18(25)17(24)15(13)22)26(9-10-27)11-12-7-5-4-6-8-12/h4-8,19,27H,9-11H2,1-3H3/t19-/m1/s1. The Morgan fingerprint density at radius 3 is 1.78 bits per heavy atom. The summed E-state index contributed by atoms with van der Waals surface area (Å²) in [4.78, 5) is 1.52. The van der Waals surface area contributed by atoms with Gasteiger partial charge in [0.25, 0.3) is 0 Å². The van der Waals surface area contributed by atoms with Crippen molar-refractivity contribution in [3.63, 3.8) is 0 Å². The van der Waals surface area contributed by atoms with E-state index >= 15 is 0 Å². The first-order chi connectivity index (χ1) is 12.6.